The topological polar surface area (TPSA) is 141 Å². The summed E-state index contributed by atoms with van der Waals surface area (Å²) in [4.78, 5) is 36.3. The summed E-state index contributed by atoms with van der Waals surface area (Å²) >= 11 is 0. The maximum atomic E-state index is 13.2. The minimum Gasteiger partial charge on any atom is -0.490 e. The van der Waals surface area contributed by atoms with Crippen LogP contribution in [0.25, 0.3) is 0 Å². The number of hydrogen-bond donors (Lipinski definition) is 3. The summed E-state index contributed by atoms with van der Waals surface area (Å²) in [6.45, 7) is 10.4. The van der Waals surface area contributed by atoms with Gasteiger partial charge < -0.3 is 30.2 Å². The van der Waals surface area contributed by atoms with E-state index in [1.165, 1.54) is 12.1 Å². The summed E-state index contributed by atoms with van der Waals surface area (Å²) in [6.07, 6.45) is 2.56. The molecule has 1 aliphatic carbocycles. The first-order chi connectivity index (χ1) is 19.0. The van der Waals surface area contributed by atoms with Crippen LogP contribution in [0.4, 0.5) is 16.2 Å². The zero-order valence-corrected chi connectivity index (χ0v) is 23.9. The lowest BCUT2D eigenvalue weighted by Gasteiger charge is -2.31. The minimum atomic E-state index is -0.561. The van der Waals surface area contributed by atoms with Gasteiger partial charge in [-0.25, -0.2) is 4.79 Å². The third-order valence-corrected chi connectivity index (χ3v) is 6.33. The van der Waals surface area contributed by atoms with Crippen molar-refractivity contribution in [1.29, 1.82) is 0 Å². The van der Waals surface area contributed by atoms with Gasteiger partial charge in [-0.1, -0.05) is 6.07 Å². The molecule has 0 spiro atoms. The second-order valence-electron chi connectivity index (χ2n) is 10.7. The van der Waals surface area contributed by atoms with Crippen molar-refractivity contribution >= 4 is 23.4 Å². The first-order valence-electron chi connectivity index (χ1n) is 13.7. The van der Waals surface area contributed by atoms with Crippen LogP contribution in [0, 0.1) is 10.1 Å². The van der Waals surface area contributed by atoms with E-state index in [4.69, 9.17) is 14.2 Å². The van der Waals surface area contributed by atoms with Gasteiger partial charge in [0.1, 0.15) is 5.60 Å². The molecule has 1 fully saturated rings. The third kappa shape index (κ3) is 9.03. The van der Waals surface area contributed by atoms with Gasteiger partial charge in [0.2, 0.25) is 0 Å². The van der Waals surface area contributed by atoms with Gasteiger partial charge in [0, 0.05) is 36.4 Å². The van der Waals surface area contributed by atoms with Crippen LogP contribution in [0.3, 0.4) is 0 Å². The van der Waals surface area contributed by atoms with Crippen molar-refractivity contribution in [3.05, 3.63) is 57.6 Å². The number of alkyl carbamates (subject to hydrolysis) is 1. The fourth-order valence-electron chi connectivity index (χ4n) is 4.52. The first-order valence-corrected chi connectivity index (χ1v) is 13.7. The zero-order valence-electron chi connectivity index (χ0n) is 23.9. The number of hydrogen-bond acceptors (Lipinski definition) is 8. The predicted octanol–water partition coefficient (Wildman–Crippen LogP) is 5.57. The molecule has 3 rings (SSSR count). The number of nitro benzene ring substituents is 1. The molecule has 3 N–H and O–H groups in total. The molecule has 0 bridgehead atoms. The van der Waals surface area contributed by atoms with Crippen molar-refractivity contribution in [3.63, 3.8) is 0 Å². The van der Waals surface area contributed by atoms with E-state index in [1.54, 1.807) is 12.1 Å². The van der Waals surface area contributed by atoms with Gasteiger partial charge in [0.05, 0.1) is 23.7 Å². The van der Waals surface area contributed by atoms with E-state index in [1.807, 2.05) is 46.8 Å². The van der Waals surface area contributed by atoms with Gasteiger partial charge in [-0.15, -0.1) is 0 Å². The predicted molar refractivity (Wildman–Crippen MR) is 152 cm³/mol. The summed E-state index contributed by atoms with van der Waals surface area (Å²) < 4.78 is 16.6. The largest absolute Gasteiger partial charge is 0.490 e. The average Bonchev–Trinajstić information content (AvgIpc) is 2.89. The highest BCUT2D eigenvalue weighted by atomic mass is 16.6. The quantitative estimate of drug-likeness (QED) is 0.241. The molecule has 0 saturated heterocycles. The number of nitrogens with one attached hydrogen (secondary N) is 3. The fourth-order valence-corrected chi connectivity index (χ4v) is 4.52. The summed E-state index contributed by atoms with van der Waals surface area (Å²) in [5, 5.41) is 20.6. The molecule has 0 atom stereocenters. The van der Waals surface area contributed by atoms with Gasteiger partial charge in [-0.2, -0.15) is 0 Å². The summed E-state index contributed by atoms with van der Waals surface area (Å²) in [5.41, 5.74) is 0.790. The normalized spacial score (nSPS) is 16.9. The van der Waals surface area contributed by atoms with Gasteiger partial charge in [0.15, 0.2) is 11.5 Å². The SMILES string of the molecule is CCOc1ccc(CNC(=O)c2cc([N+](=O)[O-])ccc2NC2CCC(NC(=O)OC(C)(C)C)CC2)cc1OCC. The van der Waals surface area contributed by atoms with Crippen molar-refractivity contribution < 1.29 is 28.7 Å². The van der Waals surface area contributed by atoms with Crippen molar-refractivity contribution in [2.75, 3.05) is 18.5 Å². The van der Waals surface area contributed by atoms with Crippen LogP contribution in [0.1, 0.15) is 76.2 Å². The molecule has 2 aromatic carbocycles. The Balaban J connectivity index is 1.66. The molecule has 1 saturated carbocycles. The lowest BCUT2D eigenvalue weighted by atomic mass is 9.91. The van der Waals surface area contributed by atoms with Gasteiger partial charge in [-0.3, -0.25) is 14.9 Å². The molecule has 0 heterocycles. The van der Waals surface area contributed by atoms with Crippen molar-refractivity contribution in [3.8, 4) is 11.5 Å². The molecule has 40 heavy (non-hydrogen) atoms. The van der Waals surface area contributed by atoms with E-state index in [0.29, 0.717) is 30.4 Å². The zero-order chi connectivity index (χ0) is 29.3. The second-order valence-corrected chi connectivity index (χ2v) is 10.7. The van der Waals surface area contributed by atoms with Crippen LogP contribution < -0.4 is 25.4 Å². The Morgan fingerprint density at radius 3 is 2.23 bits per heavy atom. The Bertz CT molecular complexity index is 1190. The molecule has 218 valence electrons. The number of non-ortho nitro benzene ring substituents is 1. The van der Waals surface area contributed by atoms with Crippen LogP contribution in [0.2, 0.25) is 0 Å². The lowest BCUT2D eigenvalue weighted by Crippen LogP contribution is -2.42. The molecular formula is C29H40N4O7. The van der Waals surface area contributed by atoms with E-state index in [-0.39, 0.29) is 29.9 Å². The molecule has 0 aromatic heterocycles. The number of benzene rings is 2. The maximum absolute atomic E-state index is 13.2. The van der Waals surface area contributed by atoms with Crippen molar-refractivity contribution in [2.45, 2.75) is 84.5 Å². The Morgan fingerprint density at radius 2 is 1.60 bits per heavy atom. The van der Waals surface area contributed by atoms with Crippen LogP contribution in [-0.4, -0.2) is 47.8 Å². The van der Waals surface area contributed by atoms with E-state index >= 15 is 0 Å². The molecule has 0 unspecified atom stereocenters. The standard InChI is InChI=1S/C29H40N4O7/c1-6-38-25-15-8-19(16-26(25)39-7-2)18-30-27(34)23-17-22(33(36)37)13-14-24(23)31-20-9-11-21(12-10-20)32-28(35)40-29(3,4)5/h8,13-17,20-21,31H,6-7,9-12,18H2,1-5H3,(H,30,34)(H,32,35). The number of rotatable bonds is 11. The number of ether oxygens (including phenoxy) is 3. The molecule has 0 radical (unpaired) electrons. The average molecular weight is 557 g/mol. The lowest BCUT2D eigenvalue weighted by molar-refractivity contribution is -0.384. The van der Waals surface area contributed by atoms with Crippen molar-refractivity contribution in [2.24, 2.45) is 0 Å². The summed E-state index contributed by atoms with van der Waals surface area (Å²) in [5.74, 6) is 0.782. The number of carbonyl (C=O) groups excluding carboxylic acids is 2. The Morgan fingerprint density at radius 1 is 0.950 bits per heavy atom. The highest BCUT2D eigenvalue weighted by Gasteiger charge is 2.26. The van der Waals surface area contributed by atoms with Gasteiger partial charge in [-0.05, 0) is 84.1 Å². The Hall–Kier alpha value is -4.02. The second kappa shape index (κ2) is 13.9. The summed E-state index contributed by atoms with van der Waals surface area (Å²) in [7, 11) is 0. The van der Waals surface area contributed by atoms with Crippen molar-refractivity contribution in [1.82, 2.24) is 10.6 Å². The number of amides is 2. The maximum Gasteiger partial charge on any atom is 0.407 e. The molecule has 2 amide bonds. The number of nitrogens with zero attached hydrogens (tertiary/aromatic N) is 1. The van der Waals surface area contributed by atoms with Gasteiger partial charge >= 0.3 is 6.09 Å². The molecule has 1 aliphatic rings. The first kappa shape index (κ1) is 30.5. The number of anilines is 1. The van der Waals surface area contributed by atoms with Gasteiger partial charge in [0.25, 0.3) is 11.6 Å². The monoisotopic (exact) mass is 556 g/mol. The van der Waals surface area contributed by atoms with Crippen LogP contribution in [-0.2, 0) is 11.3 Å². The van der Waals surface area contributed by atoms with E-state index < -0.39 is 22.5 Å². The smallest absolute Gasteiger partial charge is 0.407 e. The highest BCUT2D eigenvalue weighted by molar-refractivity contribution is 6.00. The van der Waals surface area contributed by atoms with Crippen LogP contribution in [0.5, 0.6) is 11.5 Å². The molecule has 11 nitrogen and oxygen atoms in total. The van der Waals surface area contributed by atoms with Crippen LogP contribution in [0.15, 0.2) is 36.4 Å². The Kier molecular flexibility index (Phi) is 10.6. The minimum absolute atomic E-state index is 0.00298. The van der Waals surface area contributed by atoms with E-state index in [9.17, 15) is 19.7 Å². The Labute approximate surface area is 235 Å². The molecule has 2 aromatic rings. The molecule has 0 aliphatic heterocycles. The van der Waals surface area contributed by atoms with Crippen LogP contribution >= 0.6 is 0 Å². The third-order valence-electron chi connectivity index (χ3n) is 6.33. The number of carbonyl (C=O) groups is 2. The molecule has 11 heteroatoms. The molecular weight excluding hydrogens is 516 g/mol. The van der Waals surface area contributed by atoms with E-state index in [2.05, 4.69) is 16.0 Å². The fraction of sp³-hybridized carbons (Fsp3) is 0.517. The highest BCUT2D eigenvalue weighted by Crippen LogP contribution is 2.30. The van der Waals surface area contributed by atoms with E-state index in [0.717, 1.165) is 31.2 Å². The number of nitro groups is 1. The summed E-state index contributed by atoms with van der Waals surface area (Å²) in [6, 6.07) is 9.74.